The molecule has 0 saturated heterocycles. The molecule has 0 spiro atoms. The molecule has 0 fully saturated rings. The monoisotopic (exact) mass is 182 g/mol. The predicted molar refractivity (Wildman–Crippen MR) is 47.0 cm³/mol. The van der Waals surface area contributed by atoms with E-state index in [1.54, 1.807) is 19.9 Å². The summed E-state index contributed by atoms with van der Waals surface area (Å²) in [5, 5.41) is 0. The number of carbonyl (C=O) groups excluding carboxylic acids is 1. The molecule has 3 heteroatoms. The zero-order valence-corrected chi connectivity index (χ0v) is 7.58. The van der Waals surface area contributed by atoms with E-state index >= 15 is 0 Å². The number of rotatable bonds is 2. The Morgan fingerprint density at radius 2 is 2.00 bits per heavy atom. The normalized spacial score (nSPS) is 10.2. The smallest absolute Gasteiger partial charge is 0.341 e. The van der Waals surface area contributed by atoms with Crippen molar-refractivity contribution >= 4 is 5.97 Å². The van der Waals surface area contributed by atoms with Crippen LogP contribution in [0.3, 0.4) is 0 Å². The fourth-order valence-electron chi connectivity index (χ4n) is 0.904. The van der Waals surface area contributed by atoms with Crippen molar-refractivity contribution in [2.24, 2.45) is 0 Å². The summed E-state index contributed by atoms with van der Waals surface area (Å²) in [6.45, 7) is 3.44. The largest absolute Gasteiger partial charge is 0.459 e. The molecule has 0 aromatic heterocycles. The number of carbonyl (C=O) groups is 1. The molecule has 0 N–H and O–H groups in total. The Bertz CT molecular complexity index is 308. The van der Waals surface area contributed by atoms with Gasteiger partial charge in [-0.3, -0.25) is 0 Å². The van der Waals surface area contributed by atoms with Gasteiger partial charge in [0.15, 0.2) is 0 Å². The topological polar surface area (TPSA) is 26.3 Å². The molecule has 2 nitrogen and oxygen atoms in total. The fourth-order valence-corrected chi connectivity index (χ4v) is 0.904. The molecule has 0 heterocycles. The van der Waals surface area contributed by atoms with Crippen LogP contribution in [0.15, 0.2) is 24.3 Å². The van der Waals surface area contributed by atoms with E-state index in [2.05, 4.69) is 0 Å². The molecule has 0 radical (unpaired) electrons. The lowest BCUT2D eigenvalue weighted by atomic mass is 10.2. The van der Waals surface area contributed by atoms with Crippen molar-refractivity contribution in [3.8, 4) is 0 Å². The van der Waals surface area contributed by atoms with Crippen molar-refractivity contribution in [3.63, 3.8) is 0 Å². The lowest BCUT2D eigenvalue weighted by Crippen LogP contribution is -2.12. The first kappa shape index (κ1) is 9.71. The van der Waals surface area contributed by atoms with E-state index in [1.165, 1.54) is 18.2 Å². The summed E-state index contributed by atoms with van der Waals surface area (Å²) < 4.78 is 17.8. The molecule has 1 aromatic carbocycles. The van der Waals surface area contributed by atoms with Crippen LogP contribution in [0.2, 0.25) is 0 Å². The highest BCUT2D eigenvalue weighted by molar-refractivity contribution is 5.89. The van der Waals surface area contributed by atoms with Gasteiger partial charge in [0.05, 0.1) is 11.7 Å². The highest BCUT2D eigenvalue weighted by Crippen LogP contribution is 2.08. The van der Waals surface area contributed by atoms with Gasteiger partial charge in [0, 0.05) is 0 Å². The quantitative estimate of drug-likeness (QED) is 0.656. The fraction of sp³-hybridized carbons (Fsp3) is 0.300. The van der Waals surface area contributed by atoms with Gasteiger partial charge in [-0.25, -0.2) is 9.18 Å². The standard InChI is InChI=1S/C10H11FO2/c1-7(2)13-10(12)8-5-3-4-6-9(8)11/h3-7H,1-2H3. The summed E-state index contributed by atoms with van der Waals surface area (Å²) >= 11 is 0. The van der Waals surface area contributed by atoms with E-state index < -0.39 is 11.8 Å². The van der Waals surface area contributed by atoms with Crippen LogP contribution in [0.4, 0.5) is 4.39 Å². The Morgan fingerprint density at radius 3 is 2.54 bits per heavy atom. The third kappa shape index (κ3) is 2.54. The van der Waals surface area contributed by atoms with E-state index in [0.717, 1.165) is 0 Å². The van der Waals surface area contributed by atoms with Crippen molar-refractivity contribution < 1.29 is 13.9 Å². The zero-order valence-electron chi connectivity index (χ0n) is 7.58. The average Bonchev–Trinajstić information content (AvgIpc) is 2.03. The van der Waals surface area contributed by atoms with Gasteiger partial charge in [0.25, 0.3) is 0 Å². The van der Waals surface area contributed by atoms with Crippen LogP contribution in [0.1, 0.15) is 24.2 Å². The molecule has 0 aliphatic carbocycles. The lowest BCUT2D eigenvalue weighted by Gasteiger charge is -2.07. The molecule has 13 heavy (non-hydrogen) atoms. The summed E-state index contributed by atoms with van der Waals surface area (Å²) in [5.41, 5.74) is -0.0174. The summed E-state index contributed by atoms with van der Waals surface area (Å²) in [4.78, 5) is 11.2. The van der Waals surface area contributed by atoms with Crippen molar-refractivity contribution in [1.82, 2.24) is 0 Å². The van der Waals surface area contributed by atoms with E-state index in [9.17, 15) is 9.18 Å². The van der Waals surface area contributed by atoms with Crippen molar-refractivity contribution in [2.45, 2.75) is 20.0 Å². The molecule has 0 saturated carbocycles. The van der Waals surface area contributed by atoms with Crippen LogP contribution in [-0.2, 0) is 4.74 Å². The van der Waals surface area contributed by atoms with E-state index in [4.69, 9.17) is 4.74 Å². The first-order valence-corrected chi connectivity index (χ1v) is 4.06. The Labute approximate surface area is 76.3 Å². The highest BCUT2D eigenvalue weighted by atomic mass is 19.1. The van der Waals surface area contributed by atoms with Crippen LogP contribution in [0.5, 0.6) is 0 Å². The molecule has 70 valence electrons. The second-order valence-corrected chi connectivity index (χ2v) is 2.93. The van der Waals surface area contributed by atoms with Gasteiger partial charge in [-0.05, 0) is 26.0 Å². The number of esters is 1. The van der Waals surface area contributed by atoms with Crippen LogP contribution >= 0.6 is 0 Å². The van der Waals surface area contributed by atoms with Gasteiger partial charge in [-0.2, -0.15) is 0 Å². The molecule has 0 bridgehead atoms. The molecular weight excluding hydrogens is 171 g/mol. The number of hydrogen-bond donors (Lipinski definition) is 0. The van der Waals surface area contributed by atoms with E-state index in [-0.39, 0.29) is 11.7 Å². The van der Waals surface area contributed by atoms with Crippen molar-refractivity contribution in [1.29, 1.82) is 0 Å². The van der Waals surface area contributed by atoms with Crippen LogP contribution in [0, 0.1) is 5.82 Å². The highest BCUT2D eigenvalue weighted by Gasteiger charge is 2.12. The van der Waals surface area contributed by atoms with Gasteiger partial charge in [-0.15, -0.1) is 0 Å². The van der Waals surface area contributed by atoms with Crippen LogP contribution < -0.4 is 0 Å². The third-order valence-electron chi connectivity index (χ3n) is 1.44. The van der Waals surface area contributed by atoms with Crippen molar-refractivity contribution in [3.05, 3.63) is 35.6 Å². The molecule has 0 atom stereocenters. The Balaban J connectivity index is 2.83. The number of benzene rings is 1. The molecule has 1 aromatic rings. The second-order valence-electron chi connectivity index (χ2n) is 2.93. The van der Waals surface area contributed by atoms with E-state index in [1.807, 2.05) is 0 Å². The maximum atomic E-state index is 13.0. The van der Waals surface area contributed by atoms with Gasteiger partial charge in [-0.1, -0.05) is 12.1 Å². The first-order chi connectivity index (χ1) is 6.11. The molecule has 1 rings (SSSR count). The SMILES string of the molecule is CC(C)OC(=O)c1ccccc1F. The van der Waals surface area contributed by atoms with Gasteiger partial charge < -0.3 is 4.74 Å². The minimum absolute atomic E-state index is 0.0174. The Morgan fingerprint density at radius 1 is 1.38 bits per heavy atom. The van der Waals surface area contributed by atoms with Gasteiger partial charge in [0.1, 0.15) is 5.82 Å². The van der Waals surface area contributed by atoms with Crippen LogP contribution in [0.25, 0.3) is 0 Å². The number of halogens is 1. The minimum atomic E-state index is -0.617. The Hall–Kier alpha value is -1.38. The molecular formula is C10H11FO2. The molecule has 0 aliphatic heterocycles. The maximum Gasteiger partial charge on any atom is 0.341 e. The molecule has 0 unspecified atom stereocenters. The van der Waals surface area contributed by atoms with Gasteiger partial charge >= 0.3 is 5.97 Å². The summed E-state index contributed by atoms with van der Waals surface area (Å²) in [6.07, 6.45) is -0.230. The number of hydrogen-bond acceptors (Lipinski definition) is 2. The Kier molecular flexibility index (Phi) is 3.01. The number of ether oxygens (including phenoxy) is 1. The predicted octanol–water partition coefficient (Wildman–Crippen LogP) is 2.39. The zero-order chi connectivity index (χ0) is 9.84. The summed E-state index contributed by atoms with van der Waals surface area (Å²) in [6, 6.07) is 5.76. The summed E-state index contributed by atoms with van der Waals surface area (Å²) in [5.74, 6) is -1.17. The maximum absolute atomic E-state index is 13.0. The first-order valence-electron chi connectivity index (χ1n) is 4.06. The third-order valence-corrected chi connectivity index (χ3v) is 1.44. The molecule has 0 amide bonds. The second kappa shape index (κ2) is 4.03. The molecule has 0 aliphatic rings. The van der Waals surface area contributed by atoms with E-state index in [0.29, 0.717) is 0 Å². The van der Waals surface area contributed by atoms with Crippen LogP contribution in [-0.4, -0.2) is 12.1 Å². The lowest BCUT2D eigenvalue weighted by molar-refractivity contribution is 0.0372. The van der Waals surface area contributed by atoms with Crippen molar-refractivity contribution in [2.75, 3.05) is 0 Å². The summed E-state index contributed by atoms with van der Waals surface area (Å²) in [7, 11) is 0. The minimum Gasteiger partial charge on any atom is -0.459 e. The average molecular weight is 182 g/mol. The van der Waals surface area contributed by atoms with Gasteiger partial charge in [0.2, 0.25) is 0 Å².